The van der Waals surface area contributed by atoms with Crippen molar-refractivity contribution in [1.82, 2.24) is 0 Å². The maximum Gasteiger partial charge on any atom is 0.250 e. The first-order valence-corrected chi connectivity index (χ1v) is 7.89. The second-order valence-electron chi connectivity index (χ2n) is 5.26. The average Bonchev–Trinajstić information content (AvgIpc) is 2.47. The van der Waals surface area contributed by atoms with Crippen molar-refractivity contribution in [2.24, 2.45) is 0 Å². The molecule has 0 saturated carbocycles. The van der Waals surface area contributed by atoms with E-state index in [0.29, 0.717) is 0 Å². The molecule has 4 nitrogen and oxygen atoms in total. The molecular weight excluding hydrogens is 264 g/mol. The maximum absolute atomic E-state index is 11.5. The molecule has 21 heavy (non-hydrogen) atoms. The van der Waals surface area contributed by atoms with Gasteiger partial charge < -0.3 is 15.4 Å². The minimum Gasteiger partial charge on any atom is -0.385 e. The number of amides is 1. The Morgan fingerprint density at radius 2 is 1.81 bits per heavy atom. The fraction of sp³-hybridized carbons (Fsp3) is 0.588. The SMILES string of the molecule is CCCCCCCCNc1cccc(NC(=O)COC)c1. The first kappa shape index (κ1) is 17.5. The Morgan fingerprint density at radius 3 is 2.57 bits per heavy atom. The summed E-state index contributed by atoms with van der Waals surface area (Å²) >= 11 is 0. The van der Waals surface area contributed by atoms with Crippen LogP contribution in [0.1, 0.15) is 45.4 Å². The summed E-state index contributed by atoms with van der Waals surface area (Å²) in [5.41, 5.74) is 1.84. The van der Waals surface area contributed by atoms with E-state index < -0.39 is 0 Å². The molecular formula is C17H28N2O2. The van der Waals surface area contributed by atoms with Gasteiger partial charge in [0.15, 0.2) is 0 Å². The molecule has 118 valence electrons. The summed E-state index contributed by atoms with van der Waals surface area (Å²) in [6.07, 6.45) is 7.76. The summed E-state index contributed by atoms with van der Waals surface area (Å²) in [6, 6.07) is 7.78. The lowest BCUT2D eigenvalue weighted by Gasteiger charge is -2.09. The van der Waals surface area contributed by atoms with Crippen LogP contribution < -0.4 is 10.6 Å². The minimum absolute atomic E-state index is 0.0788. The van der Waals surface area contributed by atoms with Gasteiger partial charge in [0.1, 0.15) is 6.61 Å². The Hall–Kier alpha value is -1.55. The first-order chi connectivity index (χ1) is 10.3. The van der Waals surface area contributed by atoms with Gasteiger partial charge in [-0.05, 0) is 24.6 Å². The molecule has 0 atom stereocenters. The van der Waals surface area contributed by atoms with E-state index in [1.807, 2.05) is 24.3 Å². The zero-order chi connectivity index (χ0) is 15.3. The van der Waals surface area contributed by atoms with Crippen LogP contribution in [0.15, 0.2) is 24.3 Å². The van der Waals surface area contributed by atoms with Gasteiger partial charge in [-0.15, -0.1) is 0 Å². The van der Waals surface area contributed by atoms with Gasteiger partial charge in [0.05, 0.1) is 0 Å². The van der Waals surface area contributed by atoms with Crippen LogP contribution in [0, 0.1) is 0 Å². The Morgan fingerprint density at radius 1 is 1.10 bits per heavy atom. The van der Waals surface area contributed by atoms with Crippen molar-refractivity contribution in [3.63, 3.8) is 0 Å². The van der Waals surface area contributed by atoms with E-state index in [9.17, 15) is 4.79 Å². The molecule has 0 fully saturated rings. The highest BCUT2D eigenvalue weighted by Gasteiger charge is 2.01. The molecule has 0 heterocycles. The standard InChI is InChI=1S/C17H28N2O2/c1-3-4-5-6-7-8-12-18-15-10-9-11-16(13-15)19-17(20)14-21-2/h9-11,13,18H,3-8,12,14H2,1-2H3,(H,19,20). The molecule has 0 aliphatic heterocycles. The fourth-order valence-corrected chi connectivity index (χ4v) is 2.17. The lowest BCUT2D eigenvalue weighted by molar-refractivity contribution is -0.119. The smallest absolute Gasteiger partial charge is 0.250 e. The highest BCUT2D eigenvalue weighted by Crippen LogP contribution is 2.15. The van der Waals surface area contributed by atoms with Gasteiger partial charge in [0, 0.05) is 25.0 Å². The molecule has 0 aliphatic carbocycles. The zero-order valence-electron chi connectivity index (χ0n) is 13.3. The highest BCUT2D eigenvalue weighted by atomic mass is 16.5. The lowest BCUT2D eigenvalue weighted by atomic mass is 10.1. The predicted molar refractivity (Wildman–Crippen MR) is 88.8 cm³/mol. The molecule has 1 aromatic rings. The summed E-state index contributed by atoms with van der Waals surface area (Å²) in [5.74, 6) is -0.134. The number of benzene rings is 1. The topological polar surface area (TPSA) is 50.4 Å². The van der Waals surface area contributed by atoms with Gasteiger partial charge in [0.25, 0.3) is 0 Å². The molecule has 1 aromatic carbocycles. The van der Waals surface area contributed by atoms with Gasteiger partial charge in [-0.25, -0.2) is 0 Å². The van der Waals surface area contributed by atoms with Gasteiger partial charge in [-0.3, -0.25) is 4.79 Å². The summed E-state index contributed by atoms with van der Waals surface area (Å²) < 4.78 is 4.80. The lowest BCUT2D eigenvalue weighted by Crippen LogP contribution is -2.17. The molecule has 2 N–H and O–H groups in total. The number of anilines is 2. The van der Waals surface area contributed by atoms with Crippen molar-refractivity contribution >= 4 is 17.3 Å². The van der Waals surface area contributed by atoms with E-state index in [1.165, 1.54) is 45.6 Å². The molecule has 0 unspecified atom stereocenters. The van der Waals surface area contributed by atoms with Crippen LogP contribution in [0.2, 0.25) is 0 Å². The van der Waals surface area contributed by atoms with Crippen LogP contribution in [0.5, 0.6) is 0 Å². The second kappa shape index (κ2) is 11.1. The van der Waals surface area contributed by atoms with E-state index in [0.717, 1.165) is 17.9 Å². The van der Waals surface area contributed by atoms with Crippen LogP contribution in [0.25, 0.3) is 0 Å². The normalized spacial score (nSPS) is 10.4. The zero-order valence-corrected chi connectivity index (χ0v) is 13.3. The molecule has 4 heteroatoms. The molecule has 1 amide bonds. The van der Waals surface area contributed by atoms with Gasteiger partial charge in [-0.2, -0.15) is 0 Å². The van der Waals surface area contributed by atoms with Crippen molar-refractivity contribution in [3.05, 3.63) is 24.3 Å². The van der Waals surface area contributed by atoms with Crippen LogP contribution in [-0.4, -0.2) is 26.2 Å². The molecule has 1 rings (SSSR count). The first-order valence-electron chi connectivity index (χ1n) is 7.89. The second-order valence-corrected chi connectivity index (χ2v) is 5.26. The Balaban J connectivity index is 2.24. The Kier molecular flexibility index (Phi) is 9.29. The van der Waals surface area contributed by atoms with Crippen molar-refractivity contribution in [3.8, 4) is 0 Å². The summed E-state index contributed by atoms with van der Waals surface area (Å²) in [4.78, 5) is 11.5. The van der Waals surface area contributed by atoms with Crippen LogP contribution in [0.4, 0.5) is 11.4 Å². The van der Waals surface area contributed by atoms with E-state index in [2.05, 4.69) is 17.6 Å². The Bertz CT molecular complexity index is 408. The molecule has 0 aliphatic rings. The maximum atomic E-state index is 11.5. The van der Waals surface area contributed by atoms with Crippen molar-refractivity contribution in [2.75, 3.05) is 30.9 Å². The number of ether oxygens (including phenoxy) is 1. The minimum atomic E-state index is -0.134. The van der Waals surface area contributed by atoms with Crippen LogP contribution in [-0.2, 0) is 9.53 Å². The number of hydrogen-bond acceptors (Lipinski definition) is 3. The predicted octanol–water partition coefficient (Wildman–Crippen LogP) is 4.04. The van der Waals surface area contributed by atoms with Crippen LogP contribution >= 0.6 is 0 Å². The summed E-state index contributed by atoms with van der Waals surface area (Å²) in [5, 5.41) is 6.20. The molecule has 0 spiro atoms. The quantitative estimate of drug-likeness (QED) is 0.605. The highest BCUT2D eigenvalue weighted by molar-refractivity contribution is 5.92. The number of nitrogens with one attached hydrogen (secondary N) is 2. The third kappa shape index (κ3) is 8.35. The van der Waals surface area contributed by atoms with Gasteiger partial charge in [0.2, 0.25) is 5.91 Å². The van der Waals surface area contributed by atoms with Gasteiger partial charge in [-0.1, -0.05) is 45.1 Å². The number of rotatable bonds is 11. The Labute approximate surface area is 128 Å². The third-order valence-corrected chi connectivity index (χ3v) is 3.28. The molecule has 0 bridgehead atoms. The van der Waals surface area contributed by atoms with E-state index in [-0.39, 0.29) is 12.5 Å². The van der Waals surface area contributed by atoms with Crippen molar-refractivity contribution < 1.29 is 9.53 Å². The van der Waals surface area contributed by atoms with Crippen molar-refractivity contribution in [2.45, 2.75) is 45.4 Å². The molecule has 0 saturated heterocycles. The molecule has 0 aromatic heterocycles. The fourth-order valence-electron chi connectivity index (χ4n) is 2.17. The number of methoxy groups -OCH3 is 1. The van der Waals surface area contributed by atoms with E-state index in [1.54, 1.807) is 0 Å². The number of carbonyl (C=O) groups excluding carboxylic acids is 1. The molecule has 0 radical (unpaired) electrons. The van der Waals surface area contributed by atoms with Gasteiger partial charge >= 0.3 is 0 Å². The number of carbonyl (C=O) groups is 1. The largest absolute Gasteiger partial charge is 0.385 e. The van der Waals surface area contributed by atoms with Crippen LogP contribution in [0.3, 0.4) is 0 Å². The third-order valence-electron chi connectivity index (χ3n) is 3.28. The monoisotopic (exact) mass is 292 g/mol. The van der Waals surface area contributed by atoms with Crippen molar-refractivity contribution in [1.29, 1.82) is 0 Å². The summed E-state index contributed by atoms with van der Waals surface area (Å²) in [6.45, 7) is 3.29. The average molecular weight is 292 g/mol. The van der Waals surface area contributed by atoms with E-state index >= 15 is 0 Å². The van der Waals surface area contributed by atoms with E-state index in [4.69, 9.17) is 4.74 Å². The number of unbranched alkanes of at least 4 members (excludes halogenated alkanes) is 5. The number of hydrogen-bond donors (Lipinski definition) is 2. The summed E-state index contributed by atoms with van der Waals surface area (Å²) in [7, 11) is 1.51.